The third kappa shape index (κ3) is 5.49. The van der Waals surface area contributed by atoms with Gasteiger partial charge in [0.2, 0.25) is 0 Å². The van der Waals surface area contributed by atoms with Gasteiger partial charge in [-0.1, -0.05) is 41.7 Å². The second-order valence-electron chi connectivity index (χ2n) is 8.03. The minimum absolute atomic E-state index is 0.181. The number of nitrogens with zero attached hydrogens (tertiary/aromatic N) is 2. The summed E-state index contributed by atoms with van der Waals surface area (Å²) >= 11 is 1.20. The number of fused-ring (bicyclic) bond motifs is 1. The lowest BCUT2D eigenvalue weighted by molar-refractivity contribution is -0.140. The van der Waals surface area contributed by atoms with Crippen LogP contribution in [0.25, 0.3) is 6.08 Å². The van der Waals surface area contributed by atoms with Crippen molar-refractivity contribution in [2.75, 3.05) is 19.8 Å². The van der Waals surface area contributed by atoms with Crippen molar-refractivity contribution in [2.45, 2.75) is 26.8 Å². The van der Waals surface area contributed by atoms with E-state index >= 15 is 0 Å². The van der Waals surface area contributed by atoms with E-state index in [0.717, 1.165) is 0 Å². The number of aromatic nitrogens is 1. The lowest BCUT2D eigenvalue weighted by Crippen LogP contribution is -2.40. The predicted octanol–water partition coefficient (Wildman–Crippen LogP) is 2.66. The Bertz CT molecular complexity index is 1550. The van der Waals surface area contributed by atoms with Crippen molar-refractivity contribution in [3.63, 3.8) is 0 Å². The van der Waals surface area contributed by atoms with Crippen LogP contribution in [-0.2, 0) is 14.3 Å². The fourth-order valence-electron chi connectivity index (χ4n) is 4.07. The van der Waals surface area contributed by atoms with Crippen molar-refractivity contribution in [2.24, 2.45) is 4.99 Å². The molecule has 3 aromatic rings. The van der Waals surface area contributed by atoms with Crippen molar-refractivity contribution in [3.8, 4) is 11.5 Å². The molecule has 2 aromatic carbocycles. The number of carboxylic acids is 1. The molecule has 37 heavy (non-hydrogen) atoms. The van der Waals surface area contributed by atoms with E-state index in [0.29, 0.717) is 44.3 Å². The van der Waals surface area contributed by atoms with Gasteiger partial charge in [-0.15, -0.1) is 0 Å². The Morgan fingerprint density at radius 2 is 1.89 bits per heavy atom. The van der Waals surface area contributed by atoms with Crippen LogP contribution in [-0.4, -0.2) is 41.4 Å². The molecule has 0 amide bonds. The zero-order valence-electron chi connectivity index (χ0n) is 20.6. The van der Waals surface area contributed by atoms with Crippen molar-refractivity contribution in [3.05, 3.63) is 90.6 Å². The molecule has 0 fully saturated rings. The number of para-hydroxylation sites is 1. The summed E-state index contributed by atoms with van der Waals surface area (Å²) in [6, 6.07) is 13.3. The molecule has 1 N–H and O–H groups in total. The van der Waals surface area contributed by atoms with Gasteiger partial charge in [0.1, 0.15) is 17.5 Å². The number of ether oxygens (including phenoxy) is 3. The van der Waals surface area contributed by atoms with Crippen LogP contribution >= 0.6 is 11.3 Å². The van der Waals surface area contributed by atoms with Gasteiger partial charge in [0.15, 0.2) is 11.4 Å². The average Bonchev–Trinajstić information content (AvgIpc) is 3.17. The van der Waals surface area contributed by atoms with Gasteiger partial charge in [-0.05, 0) is 50.6 Å². The first kappa shape index (κ1) is 25.9. The second kappa shape index (κ2) is 11.3. The molecule has 0 unspecified atom stereocenters. The highest BCUT2D eigenvalue weighted by atomic mass is 32.1. The van der Waals surface area contributed by atoms with Crippen LogP contribution in [0.3, 0.4) is 0 Å². The highest BCUT2D eigenvalue weighted by molar-refractivity contribution is 7.07. The van der Waals surface area contributed by atoms with E-state index in [1.165, 1.54) is 15.9 Å². The van der Waals surface area contributed by atoms with Gasteiger partial charge in [-0.3, -0.25) is 9.36 Å². The summed E-state index contributed by atoms with van der Waals surface area (Å²) in [5.74, 6) is -0.700. The molecule has 2 heterocycles. The van der Waals surface area contributed by atoms with E-state index in [4.69, 9.17) is 19.3 Å². The molecule has 1 atom stereocenters. The largest absolute Gasteiger partial charge is 0.494 e. The molecule has 0 saturated carbocycles. The normalized spacial score (nSPS) is 15.1. The third-order valence-corrected chi connectivity index (χ3v) is 6.53. The summed E-state index contributed by atoms with van der Waals surface area (Å²) in [4.78, 5) is 42.7. The maximum absolute atomic E-state index is 13.8. The zero-order chi connectivity index (χ0) is 26.5. The molecule has 1 aromatic heterocycles. The molecule has 9 nitrogen and oxygen atoms in total. The molecule has 0 bridgehead atoms. The molecule has 4 rings (SSSR count). The summed E-state index contributed by atoms with van der Waals surface area (Å²) in [5.41, 5.74) is 1.72. The summed E-state index contributed by atoms with van der Waals surface area (Å²) in [6.07, 6.45) is 1.69. The Labute approximate surface area is 216 Å². The van der Waals surface area contributed by atoms with Crippen LogP contribution in [0.2, 0.25) is 0 Å². The molecule has 0 saturated heterocycles. The number of aliphatic carboxylic acids is 1. The van der Waals surface area contributed by atoms with Crippen LogP contribution in [0.15, 0.2) is 69.6 Å². The number of thiazole rings is 1. The summed E-state index contributed by atoms with van der Waals surface area (Å²) < 4.78 is 18.3. The molecular formula is C27H26N2O7S. The van der Waals surface area contributed by atoms with Crippen LogP contribution < -0.4 is 24.4 Å². The summed E-state index contributed by atoms with van der Waals surface area (Å²) in [6.45, 7) is 5.43. The summed E-state index contributed by atoms with van der Waals surface area (Å²) in [7, 11) is 0. The van der Waals surface area contributed by atoms with Gasteiger partial charge in [0.05, 0.1) is 29.0 Å². The van der Waals surface area contributed by atoms with Gasteiger partial charge in [-0.2, -0.15) is 0 Å². The first-order valence-electron chi connectivity index (χ1n) is 11.7. The van der Waals surface area contributed by atoms with Crippen LogP contribution in [0.1, 0.15) is 37.9 Å². The molecule has 10 heteroatoms. The lowest BCUT2D eigenvalue weighted by atomic mass is 9.95. The number of hydrogen-bond acceptors (Lipinski definition) is 8. The summed E-state index contributed by atoms with van der Waals surface area (Å²) in [5, 5.41) is 8.87. The Balaban J connectivity index is 1.89. The van der Waals surface area contributed by atoms with Gasteiger partial charge in [0, 0.05) is 5.56 Å². The maximum atomic E-state index is 13.8. The number of allylic oxidation sites excluding steroid dienone is 1. The highest BCUT2D eigenvalue weighted by Crippen LogP contribution is 2.35. The first-order valence-corrected chi connectivity index (χ1v) is 12.5. The molecule has 1 aliphatic rings. The SMILES string of the molecule is CCOC(=O)C1=C(C)N=c2s/c(=C/c3cccc(OCC(=O)O)c3)c(=O)n2[C@H]1c1ccccc1OCC. The smallest absolute Gasteiger partial charge is 0.341 e. The van der Waals surface area contributed by atoms with Crippen LogP contribution in [0.4, 0.5) is 0 Å². The number of esters is 1. The van der Waals surface area contributed by atoms with Crippen molar-refractivity contribution in [1.82, 2.24) is 4.57 Å². The van der Waals surface area contributed by atoms with E-state index in [2.05, 4.69) is 4.99 Å². The minimum Gasteiger partial charge on any atom is -0.494 e. The Kier molecular flexibility index (Phi) is 7.88. The topological polar surface area (TPSA) is 116 Å². The number of carbonyl (C=O) groups excluding carboxylic acids is 1. The molecular weight excluding hydrogens is 496 g/mol. The van der Waals surface area contributed by atoms with Crippen LogP contribution in [0, 0.1) is 0 Å². The monoisotopic (exact) mass is 522 g/mol. The molecule has 192 valence electrons. The lowest BCUT2D eigenvalue weighted by Gasteiger charge is -2.26. The Hall–Kier alpha value is -4.18. The van der Waals surface area contributed by atoms with E-state index in [9.17, 15) is 14.4 Å². The highest BCUT2D eigenvalue weighted by Gasteiger charge is 2.35. The fourth-order valence-corrected chi connectivity index (χ4v) is 5.12. The van der Waals surface area contributed by atoms with Gasteiger partial charge < -0.3 is 19.3 Å². The first-order chi connectivity index (χ1) is 17.8. The zero-order valence-corrected chi connectivity index (χ0v) is 21.4. The average molecular weight is 523 g/mol. The van der Waals surface area contributed by atoms with Crippen molar-refractivity contribution in [1.29, 1.82) is 0 Å². The molecule has 0 radical (unpaired) electrons. The van der Waals surface area contributed by atoms with E-state index < -0.39 is 24.6 Å². The van der Waals surface area contributed by atoms with Gasteiger partial charge in [-0.25, -0.2) is 14.6 Å². The van der Waals surface area contributed by atoms with Crippen molar-refractivity contribution >= 4 is 29.4 Å². The second-order valence-corrected chi connectivity index (χ2v) is 9.04. The molecule has 0 spiro atoms. The Morgan fingerprint density at radius 1 is 1.11 bits per heavy atom. The van der Waals surface area contributed by atoms with Crippen LogP contribution in [0.5, 0.6) is 11.5 Å². The van der Waals surface area contributed by atoms with Gasteiger partial charge >= 0.3 is 11.9 Å². The fraction of sp³-hybridized carbons (Fsp3) is 0.259. The van der Waals surface area contributed by atoms with E-state index in [1.807, 2.05) is 25.1 Å². The number of rotatable bonds is 9. The number of carbonyl (C=O) groups is 2. The quantitative estimate of drug-likeness (QED) is 0.430. The number of hydrogen-bond donors (Lipinski definition) is 1. The minimum atomic E-state index is -1.08. The third-order valence-electron chi connectivity index (χ3n) is 5.55. The number of benzene rings is 2. The molecule has 0 aliphatic carbocycles. The predicted molar refractivity (Wildman–Crippen MR) is 138 cm³/mol. The Morgan fingerprint density at radius 3 is 2.62 bits per heavy atom. The number of carboxylic acid groups (broad SMARTS) is 1. The van der Waals surface area contributed by atoms with E-state index in [1.54, 1.807) is 50.3 Å². The van der Waals surface area contributed by atoms with E-state index in [-0.39, 0.29) is 17.7 Å². The molecule has 1 aliphatic heterocycles. The van der Waals surface area contributed by atoms with Gasteiger partial charge in [0.25, 0.3) is 5.56 Å². The maximum Gasteiger partial charge on any atom is 0.341 e. The standard InChI is InChI=1S/C27H26N2O7S/c1-4-34-20-12-7-6-11-19(20)24-23(26(33)35-5-2)16(3)28-27-29(24)25(32)21(37-27)14-17-9-8-10-18(13-17)36-15-22(30)31/h6-14,24H,4-5,15H2,1-3H3,(H,30,31)/b21-14+/t24-/m0/s1. The van der Waals surface area contributed by atoms with Crippen molar-refractivity contribution < 1.29 is 28.9 Å².